The van der Waals surface area contributed by atoms with Crippen LogP contribution >= 0.6 is 0 Å². The molecule has 1 atom stereocenters. The zero-order chi connectivity index (χ0) is 13.9. The number of hydrogen-bond acceptors (Lipinski definition) is 6. The first kappa shape index (κ1) is 14.2. The molecule has 1 unspecified atom stereocenters. The van der Waals surface area contributed by atoms with Crippen LogP contribution in [0.3, 0.4) is 0 Å². The van der Waals surface area contributed by atoms with Crippen LogP contribution in [0.2, 0.25) is 0 Å². The highest BCUT2D eigenvalue weighted by atomic mass is 32.2. The monoisotopic (exact) mass is 286 g/mol. The summed E-state index contributed by atoms with van der Waals surface area (Å²) in [4.78, 5) is 3.97. The van der Waals surface area contributed by atoms with E-state index in [1.54, 1.807) is 6.07 Å². The van der Waals surface area contributed by atoms with Gasteiger partial charge in [0, 0.05) is 26.4 Å². The van der Waals surface area contributed by atoms with Crippen molar-refractivity contribution in [3.8, 4) is 0 Å². The zero-order valence-electron chi connectivity index (χ0n) is 10.7. The molecule has 1 aliphatic heterocycles. The van der Waals surface area contributed by atoms with Gasteiger partial charge in [-0.15, -0.1) is 0 Å². The fraction of sp³-hybridized carbons (Fsp3) is 0.545. The molecule has 1 aromatic heterocycles. The number of likely N-dealkylation sites (N-methyl/N-ethyl adjacent to an activating group) is 1. The Balaban J connectivity index is 2.20. The summed E-state index contributed by atoms with van der Waals surface area (Å²) in [5.41, 5.74) is 2.30. The predicted molar refractivity (Wildman–Crippen MR) is 70.8 cm³/mol. The smallest absolute Gasteiger partial charge is 0.246 e. The van der Waals surface area contributed by atoms with E-state index in [4.69, 9.17) is 10.6 Å². The van der Waals surface area contributed by atoms with Crippen LogP contribution in [0.1, 0.15) is 12.8 Å². The van der Waals surface area contributed by atoms with Gasteiger partial charge in [-0.05, 0) is 25.0 Å². The zero-order valence-corrected chi connectivity index (χ0v) is 11.6. The summed E-state index contributed by atoms with van der Waals surface area (Å²) in [6.45, 7) is 1.03. The van der Waals surface area contributed by atoms with Crippen LogP contribution in [0.25, 0.3) is 0 Å². The fourth-order valence-corrected chi connectivity index (χ4v) is 3.35. The highest BCUT2D eigenvalue weighted by Crippen LogP contribution is 2.22. The van der Waals surface area contributed by atoms with Gasteiger partial charge in [0.15, 0.2) is 5.82 Å². The summed E-state index contributed by atoms with van der Waals surface area (Å²) in [6, 6.07) is 3.04. The molecule has 19 heavy (non-hydrogen) atoms. The Hall–Kier alpha value is -1.22. The van der Waals surface area contributed by atoms with Gasteiger partial charge in [0.1, 0.15) is 4.90 Å². The SMILES string of the molecule is CN(CC1CCCO1)S(=O)(=O)c1cccnc1NN. The Labute approximate surface area is 112 Å². The molecule has 0 radical (unpaired) electrons. The third kappa shape index (κ3) is 3.03. The molecule has 2 rings (SSSR count). The van der Waals surface area contributed by atoms with Gasteiger partial charge in [-0.1, -0.05) is 0 Å². The van der Waals surface area contributed by atoms with Crippen LogP contribution in [0.15, 0.2) is 23.2 Å². The molecule has 0 spiro atoms. The Morgan fingerprint density at radius 3 is 3.05 bits per heavy atom. The Kier molecular flexibility index (Phi) is 4.35. The first-order chi connectivity index (χ1) is 9.05. The van der Waals surface area contributed by atoms with E-state index in [0.717, 1.165) is 12.8 Å². The van der Waals surface area contributed by atoms with Crippen molar-refractivity contribution >= 4 is 15.8 Å². The summed E-state index contributed by atoms with van der Waals surface area (Å²) >= 11 is 0. The molecule has 1 saturated heterocycles. The van der Waals surface area contributed by atoms with Crippen LogP contribution in [0, 0.1) is 0 Å². The van der Waals surface area contributed by atoms with E-state index < -0.39 is 10.0 Å². The van der Waals surface area contributed by atoms with E-state index in [2.05, 4.69) is 10.4 Å². The van der Waals surface area contributed by atoms with Gasteiger partial charge in [0.2, 0.25) is 10.0 Å². The molecule has 0 saturated carbocycles. The second-order valence-electron chi connectivity index (χ2n) is 4.42. The molecule has 8 heteroatoms. The van der Waals surface area contributed by atoms with Crippen LogP contribution in [-0.2, 0) is 14.8 Å². The van der Waals surface area contributed by atoms with Gasteiger partial charge >= 0.3 is 0 Å². The number of hydrazine groups is 1. The van der Waals surface area contributed by atoms with Gasteiger partial charge < -0.3 is 10.2 Å². The minimum atomic E-state index is -3.62. The largest absolute Gasteiger partial charge is 0.377 e. The molecule has 1 fully saturated rings. The van der Waals surface area contributed by atoms with Gasteiger partial charge in [0.25, 0.3) is 0 Å². The molecule has 2 heterocycles. The number of nitrogens with two attached hydrogens (primary N) is 1. The normalized spacial score (nSPS) is 19.8. The lowest BCUT2D eigenvalue weighted by molar-refractivity contribution is 0.0979. The Bertz CT molecular complexity index is 528. The molecular weight excluding hydrogens is 268 g/mol. The number of nitrogens with zero attached hydrogens (tertiary/aromatic N) is 2. The number of hydrogen-bond donors (Lipinski definition) is 2. The van der Waals surface area contributed by atoms with Crippen molar-refractivity contribution in [2.75, 3.05) is 25.6 Å². The van der Waals surface area contributed by atoms with E-state index >= 15 is 0 Å². The Morgan fingerprint density at radius 2 is 2.42 bits per heavy atom. The molecule has 0 aromatic carbocycles. The molecule has 1 aliphatic rings. The van der Waals surface area contributed by atoms with E-state index in [1.165, 1.54) is 23.6 Å². The summed E-state index contributed by atoms with van der Waals surface area (Å²) in [6.07, 6.45) is 3.30. The van der Waals surface area contributed by atoms with Crippen molar-refractivity contribution in [2.45, 2.75) is 23.8 Å². The van der Waals surface area contributed by atoms with Crippen LogP contribution in [0.5, 0.6) is 0 Å². The average Bonchev–Trinajstić information content (AvgIpc) is 2.91. The van der Waals surface area contributed by atoms with E-state index in [1.807, 2.05) is 0 Å². The summed E-state index contributed by atoms with van der Waals surface area (Å²) < 4.78 is 31.6. The quantitative estimate of drug-likeness (QED) is 0.591. The maximum atomic E-state index is 12.4. The Morgan fingerprint density at radius 1 is 1.63 bits per heavy atom. The third-order valence-electron chi connectivity index (χ3n) is 3.08. The predicted octanol–water partition coefficient (Wildman–Crippen LogP) is 0.167. The van der Waals surface area contributed by atoms with Crippen molar-refractivity contribution in [3.05, 3.63) is 18.3 Å². The number of sulfonamides is 1. The van der Waals surface area contributed by atoms with Gasteiger partial charge in [-0.2, -0.15) is 4.31 Å². The standard InChI is InChI=1S/C11H18N4O3S/c1-15(8-9-4-3-7-18-9)19(16,17)10-5-2-6-13-11(10)14-12/h2,5-6,9H,3-4,7-8,12H2,1H3,(H,13,14). The lowest BCUT2D eigenvalue weighted by Crippen LogP contribution is -2.34. The minimum Gasteiger partial charge on any atom is -0.377 e. The first-order valence-corrected chi connectivity index (χ1v) is 7.49. The lowest BCUT2D eigenvalue weighted by atomic mass is 10.2. The van der Waals surface area contributed by atoms with Gasteiger partial charge in [-0.25, -0.2) is 19.2 Å². The number of aromatic nitrogens is 1. The highest BCUT2D eigenvalue weighted by Gasteiger charge is 2.28. The molecule has 0 amide bonds. The van der Waals surface area contributed by atoms with Gasteiger partial charge in [0.05, 0.1) is 6.10 Å². The third-order valence-corrected chi connectivity index (χ3v) is 4.94. The van der Waals surface area contributed by atoms with Crippen LogP contribution in [-0.4, -0.2) is 44.0 Å². The summed E-state index contributed by atoms with van der Waals surface area (Å²) in [5, 5.41) is 0. The molecule has 0 bridgehead atoms. The second-order valence-corrected chi connectivity index (χ2v) is 6.43. The number of nitrogen functional groups attached to an aromatic ring is 1. The minimum absolute atomic E-state index is 0.0364. The van der Waals surface area contributed by atoms with Crippen molar-refractivity contribution in [3.63, 3.8) is 0 Å². The van der Waals surface area contributed by atoms with Crippen molar-refractivity contribution in [2.24, 2.45) is 5.84 Å². The fourth-order valence-electron chi connectivity index (χ4n) is 2.05. The molecule has 3 N–H and O–H groups in total. The molecular formula is C11H18N4O3S. The van der Waals surface area contributed by atoms with E-state index in [-0.39, 0.29) is 16.8 Å². The maximum absolute atomic E-state index is 12.4. The van der Waals surface area contributed by atoms with Crippen LogP contribution in [0.4, 0.5) is 5.82 Å². The van der Waals surface area contributed by atoms with Gasteiger partial charge in [-0.3, -0.25) is 0 Å². The number of anilines is 1. The molecule has 0 aliphatic carbocycles. The number of rotatable bonds is 5. The number of pyridine rings is 1. The molecule has 1 aromatic rings. The van der Waals surface area contributed by atoms with E-state index in [0.29, 0.717) is 13.2 Å². The maximum Gasteiger partial charge on any atom is 0.246 e. The summed E-state index contributed by atoms with van der Waals surface area (Å²) in [5.74, 6) is 5.43. The highest BCUT2D eigenvalue weighted by molar-refractivity contribution is 7.89. The van der Waals surface area contributed by atoms with Crippen molar-refractivity contribution < 1.29 is 13.2 Å². The van der Waals surface area contributed by atoms with Crippen molar-refractivity contribution in [1.29, 1.82) is 0 Å². The van der Waals surface area contributed by atoms with Crippen molar-refractivity contribution in [1.82, 2.24) is 9.29 Å². The first-order valence-electron chi connectivity index (χ1n) is 6.05. The molecule has 7 nitrogen and oxygen atoms in total. The van der Waals surface area contributed by atoms with E-state index in [9.17, 15) is 8.42 Å². The lowest BCUT2D eigenvalue weighted by Gasteiger charge is -2.21. The second kappa shape index (κ2) is 5.83. The van der Waals surface area contributed by atoms with Crippen LogP contribution < -0.4 is 11.3 Å². The average molecular weight is 286 g/mol. The summed E-state index contributed by atoms with van der Waals surface area (Å²) in [7, 11) is -2.09. The molecule has 106 valence electrons. The topological polar surface area (TPSA) is 97.5 Å². The number of ether oxygens (including phenoxy) is 1. The number of nitrogens with one attached hydrogen (secondary N) is 1.